The number of hydrogen-bond donors (Lipinski definition) is 0. The molecule has 1 saturated heterocycles. The highest BCUT2D eigenvalue weighted by Gasteiger charge is 2.51. The van der Waals surface area contributed by atoms with Gasteiger partial charge in [-0.05, 0) is 73.3 Å². The second-order valence-electron chi connectivity index (χ2n) is 10.1. The molecule has 0 radical (unpaired) electrons. The lowest BCUT2D eigenvalue weighted by atomic mass is 9.49. The number of nitrogens with zero attached hydrogens (tertiary/aromatic N) is 2. The third-order valence-corrected chi connectivity index (χ3v) is 9.44. The average molecular weight is 429 g/mol. The molecule has 0 aromatic heterocycles. The molecule has 0 atom stereocenters. The van der Waals surface area contributed by atoms with E-state index >= 15 is 0 Å². The van der Waals surface area contributed by atoms with Gasteiger partial charge in [0.05, 0.1) is 0 Å². The molecule has 1 aliphatic heterocycles. The van der Waals surface area contributed by atoms with Crippen molar-refractivity contribution in [1.29, 1.82) is 0 Å². The second-order valence-corrected chi connectivity index (χ2v) is 12.0. The molecule has 0 spiro atoms. The first kappa shape index (κ1) is 20.3. The van der Waals surface area contributed by atoms with Crippen molar-refractivity contribution in [1.82, 2.24) is 9.21 Å². The molecule has 30 heavy (non-hydrogen) atoms. The van der Waals surface area contributed by atoms with Crippen molar-refractivity contribution in [3.05, 3.63) is 41.3 Å². The minimum Gasteiger partial charge on any atom is -0.340 e. The zero-order valence-electron chi connectivity index (χ0n) is 17.6. The number of carbonyl (C=O) groups is 1. The predicted octanol–water partition coefficient (Wildman–Crippen LogP) is 3.74. The molecule has 5 aliphatic rings. The Labute approximate surface area is 180 Å². The summed E-state index contributed by atoms with van der Waals surface area (Å²) in [5, 5.41) is 1.29. The van der Waals surface area contributed by atoms with Gasteiger partial charge in [0.1, 0.15) is 0 Å². The zero-order chi connectivity index (χ0) is 20.8. The summed E-state index contributed by atoms with van der Waals surface area (Å²) in [5.41, 5.74) is 1.11. The minimum atomic E-state index is -3.46. The summed E-state index contributed by atoms with van der Waals surface area (Å²) in [5.74, 6) is 2.79. The molecule has 6 heteroatoms. The minimum absolute atomic E-state index is 0.244. The summed E-state index contributed by atoms with van der Waals surface area (Å²) >= 11 is 0. The molecular formula is C24H32N2O3S. The van der Waals surface area contributed by atoms with E-state index in [1.165, 1.54) is 48.2 Å². The molecule has 4 bridgehead atoms. The third kappa shape index (κ3) is 4.09. The first-order chi connectivity index (χ1) is 14.4. The van der Waals surface area contributed by atoms with Crippen molar-refractivity contribution in [2.24, 2.45) is 23.2 Å². The Bertz CT molecular complexity index is 882. The van der Waals surface area contributed by atoms with Crippen LogP contribution in [0.25, 0.3) is 6.08 Å². The SMILES string of the molecule is O=C(CC12CC3CC(CC(C3)C1)C2)N1CCN(S(=O)(=O)/C=C/c2ccccc2)CC1. The number of sulfonamides is 1. The van der Waals surface area contributed by atoms with E-state index in [0.717, 1.165) is 23.3 Å². The molecule has 162 valence electrons. The molecule has 5 nitrogen and oxygen atoms in total. The van der Waals surface area contributed by atoms with Crippen LogP contribution in [0.1, 0.15) is 50.5 Å². The van der Waals surface area contributed by atoms with Gasteiger partial charge in [-0.3, -0.25) is 4.79 Å². The maximum absolute atomic E-state index is 13.1. The van der Waals surface area contributed by atoms with Gasteiger partial charge in [-0.15, -0.1) is 0 Å². The molecular weight excluding hydrogens is 396 g/mol. The average Bonchev–Trinajstić information content (AvgIpc) is 2.72. The van der Waals surface area contributed by atoms with Crippen LogP contribution in [-0.2, 0) is 14.8 Å². The highest BCUT2D eigenvalue weighted by Crippen LogP contribution is 2.61. The smallest absolute Gasteiger partial charge is 0.236 e. The van der Waals surface area contributed by atoms with Gasteiger partial charge in [-0.25, -0.2) is 8.42 Å². The largest absolute Gasteiger partial charge is 0.340 e. The van der Waals surface area contributed by atoms with Gasteiger partial charge in [-0.2, -0.15) is 4.31 Å². The first-order valence-corrected chi connectivity index (χ1v) is 12.9. The highest BCUT2D eigenvalue weighted by molar-refractivity contribution is 7.92. The van der Waals surface area contributed by atoms with Crippen molar-refractivity contribution < 1.29 is 13.2 Å². The van der Waals surface area contributed by atoms with Crippen molar-refractivity contribution in [3.8, 4) is 0 Å². The van der Waals surface area contributed by atoms with Crippen LogP contribution < -0.4 is 0 Å². The number of piperazine rings is 1. The Morgan fingerprint density at radius 1 is 0.933 bits per heavy atom. The fourth-order valence-electron chi connectivity index (χ4n) is 6.95. The van der Waals surface area contributed by atoms with Crippen LogP contribution in [0.4, 0.5) is 0 Å². The monoisotopic (exact) mass is 428 g/mol. The number of rotatable bonds is 5. The van der Waals surface area contributed by atoms with E-state index in [2.05, 4.69) is 0 Å². The summed E-state index contributed by atoms with van der Waals surface area (Å²) in [6.45, 7) is 1.77. The maximum atomic E-state index is 13.1. The highest BCUT2D eigenvalue weighted by atomic mass is 32.2. The van der Waals surface area contributed by atoms with Crippen LogP contribution in [-0.4, -0.2) is 49.7 Å². The molecule has 1 amide bonds. The fraction of sp³-hybridized carbons (Fsp3) is 0.625. The van der Waals surface area contributed by atoms with E-state index in [-0.39, 0.29) is 11.3 Å². The van der Waals surface area contributed by atoms with Crippen LogP contribution in [0.15, 0.2) is 35.7 Å². The summed E-state index contributed by atoms with van der Waals surface area (Å²) in [4.78, 5) is 15.0. The Hall–Kier alpha value is -1.66. The predicted molar refractivity (Wildman–Crippen MR) is 118 cm³/mol. The van der Waals surface area contributed by atoms with Crippen molar-refractivity contribution >= 4 is 22.0 Å². The lowest BCUT2D eigenvalue weighted by Crippen LogP contribution is -2.52. The Morgan fingerprint density at radius 2 is 1.50 bits per heavy atom. The number of carbonyl (C=O) groups excluding carboxylic acids is 1. The molecule has 6 rings (SSSR count). The van der Waals surface area contributed by atoms with Crippen LogP contribution >= 0.6 is 0 Å². The van der Waals surface area contributed by atoms with Crippen LogP contribution in [0.2, 0.25) is 0 Å². The number of amides is 1. The fourth-order valence-corrected chi connectivity index (χ4v) is 8.12. The van der Waals surface area contributed by atoms with E-state index in [9.17, 15) is 13.2 Å². The first-order valence-electron chi connectivity index (χ1n) is 11.4. The molecule has 5 fully saturated rings. The molecule has 1 heterocycles. The van der Waals surface area contributed by atoms with Gasteiger partial charge in [0.2, 0.25) is 15.9 Å². The third-order valence-electron chi connectivity index (χ3n) is 7.87. The topological polar surface area (TPSA) is 57.7 Å². The molecule has 0 unspecified atom stereocenters. The quantitative estimate of drug-likeness (QED) is 0.718. The van der Waals surface area contributed by atoms with Gasteiger partial charge in [-0.1, -0.05) is 30.3 Å². The van der Waals surface area contributed by atoms with Gasteiger partial charge in [0.15, 0.2) is 0 Å². The van der Waals surface area contributed by atoms with Crippen LogP contribution in [0.5, 0.6) is 0 Å². The Balaban J connectivity index is 1.17. The maximum Gasteiger partial charge on any atom is 0.236 e. The number of benzene rings is 1. The van der Waals surface area contributed by atoms with E-state index in [0.29, 0.717) is 32.6 Å². The van der Waals surface area contributed by atoms with Crippen molar-refractivity contribution in [2.45, 2.75) is 44.9 Å². The molecule has 1 aromatic carbocycles. The standard InChI is InChI=1S/C24H32N2O3S/c27-23(18-24-15-20-12-21(16-24)14-22(13-20)17-24)25-7-9-26(10-8-25)30(28,29)11-6-19-4-2-1-3-5-19/h1-6,11,20-22H,7-10,12-18H2/b11-6+. The van der Waals surface area contributed by atoms with E-state index < -0.39 is 10.0 Å². The van der Waals surface area contributed by atoms with Gasteiger partial charge >= 0.3 is 0 Å². The summed E-state index contributed by atoms with van der Waals surface area (Å²) in [6, 6.07) is 9.45. The molecule has 4 aliphatic carbocycles. The molecule has 4 saturated carbocycles. The van der Waals surface area contributed by atoms with Crippen molar-refractivity contribution in [2.75, 3.05) is 26.2 Å². The lowest BCUT2D eigenvalue weighted by Gasteiger charge is -2.57. The van der Waals surface area contributed by atoms with Crippen LogP contribution in [0, 0.1) is 23.2 Å². The van der Waals surface area contributed by atoms with E-state index in [1.54, 1.807) is 6.08 Å². The van der Waals surface area contributed by atoms with Gasteiger partial charge in [0.25, 0.3) is 0 Å². The van der Waals surface area contributed by atoms with Gasteiger partial charge in [0, 0.05) is 38.0 Å². The van der Waals surface area contributed by atoms with Crippen LogP contribution in [0.3, 0.4) is 0 Å². The summed E-state index contributed by atoms with van der Waals surface area (Å²) in [6.07, 6.45) is 10.2. The van der Waals surface area contributed by atoms with E-state index in [4.69, 9.17) is 0 Å². The molecule has 0 N–H and O–H groups in total. The Morgan fingerprint density at radius 3 is 2.07 bits per heavy atom. The number of hydrogen-bond acceptors (Lipinski definition) is 3. The zero-order valence-corrected chi connectivity index (χ0v) is 18.4. The van der Waals surface area contributed by atoms with Gasteiger partial charge < -0.3 is 4.90 Å². The van der Waals surface area contributed by atoms with Crippen molar-refractivity contribution in [3.63, 3.8) is 0 Å². The normalized spacial score (nSPS) is 34.0. The summed E-state index contributed by atoms with van der Waals surface area (Å²) < 4.78 is 26.8. The van der Waals surface area contributed by atoms with E-state index in [1.807, 2.05) is 35.2 Å². The lowest BCUT2D eigenvalue weighted by molar-refractivity contribution is -0.140. The molecule has 1 aromatic rings. The Kier molecular flexibility index (Phi) is 5.26. The second kappa shape index (κ2) is 7.79. The summed E-state index contributed by atoms with van der Waals surface area (Å²) in [7, 11) is -3.46.